The summed E-state index contributed by atoms with van der Waals surface area (Å²) in [7, 11) is 1.58. The molecule has 0 spiro atoms. The number of nitrogens with zero attached hydrogens (tertiary/aromatic N) is 2. The quantitative estimate of drug-likeness (QED) is 0.371. The summed E-state index contributed by atoms with van der Waals surface area (Å²) in [6, 6.07) is 14.4. The van der Waals surface area contributed by atoms with E-state index in [4.69, 9.17) is 19.2 Å². The third kappa shape index (κ3) is 5.54. The second-order valence-corrected chi connectivity index (χ2v) is 9.58. The summed E-state index contributed by atoms with van der Waals surface area (Å²) in [5, 5.41) is 0. The van der Waals surface area contributed by atoms with Crippen LogP contribution in [0.1, 0.15) is 57.2 Å². The fraction of sp³-hybridized carbons (Fsp3) is 0.345. The molecule has 0 bridgehead atoms. The lowest BCUT2D eigenvalue weighted by atomic mass is 9.93. The van der Waals surface area contributed by atoms with Crippen LogP contribution in [0.15, 0.2) is 69.6 Å². The first-order valence-corrected chi connectivity index (χ1v) is 13.4. The maximum absolute atomic E-state index is 13.8. The van der Waals surface area contributed by atoms with E-state index in [0.29, 0.717) is 44.9 Å². The Morgan fingerprint density at radius 1 is 1.08 bits per heavy atom. The lowest BCUT2D eigenvalue weighted by Gasteiger charge is -2.26. The van der Waals surface area contributed by atoms with E-state index in [1.54, 1.807) is 18.6 Å². The Balaban J connectivity index is 1.92. The zero-order valence-electron chi connectivity index (χ0n) is 21.7. The Hall–Kier alpha value is -3.65. The number of hydrogen-bond acceptors (Lipinski definition) is 7. The number of hydrogen-bond donors (Lipinski definition) is 0. The van der Waals surface area contributed by atoms with E-state index in [9.17, 15) is 9.59 Å². The van der Waals surface area contributed by atoms with Crippen molar-refractivity contribution < 1.29 is 19.0 Å². The van der Waals surface area contributed by atoms with Gasteiger partial charge < -0.3 is 14.2 Å². The second-order valence-electron chi connectivity index (χ2n) is 8.57. The van der Waals surface area contributed by atoms with Gasteiger partial charge in [-0.25, -0.2) is 9.79 Å². The molecule has 0 saturated carbocycles. The van der Waals surface area contributed by atoms with Crippen molar-refractivity contribution in [3.63, 3.8) is 0 Å². The summed E-state index contributed by atoms with van der Waals surface area (Å²) in [4.78, 5) is 32.5. The third-order valence-electron chi connectivity index (χ3n) is 5.98. The van der Waals surface area contributed by atoms with E-state index in [0.717, 1.165) is 24.2 Å². The standard InChI is InChI=1S/C29H32N2O5S/c1-5-10-22-25(28(33)35-7-3)26(21-11-8-9-12-23(21)34-4)31-27(32)24(37-29(31)30-22)18-19-13-15-20(16-14-19)36-17-6-2/h8-9,11-16,18,26H,5-7,10,17H2,1-4H3/b24-18-/t26-/m1/s1. The van der Waals surface area contributed by atoms with Gasteiger partial charge in [0.15, 0.2) is 4.80 Å². The van der Waals surface area contributed by atoms with Gasteiger partial charge in [0, 0.05) is 5.56 Å². The number of carbonyl (C=O) groups excluding carboxylic acids is 1. The lowest BCUT2D eigenvalue weighted by molar-refractivity contribution is -0.139. The SMILES string of the molecule is CCCOc1ccc(/C=c2\sc3n(c2=O)[C@H](c2ccccc2OC)C(C(=O)OCC)=C(CCC)N=3)cc1. The van der Waals surface area contributed by atoms with Gasteiger partial charge in [-0.05, 0) is 49.6 Å². The van der Waals surface area contributed by atoms with E-state index < -0.39 is 12.0 Å². The molecule has 0 N–H and O–H groups in total. The number of thiazole rings is 1. The van der Waals surface area contributed by atoms with E-state index >= 15 is 0 Å². The zero-order chi connectivity index (χ0) is 26.4. The van der Waals surface area contributed by atoms with Crippen molar-refractivity contribution in [2.75, 3.05) is 20.3 Å². The second kappa shape index (κ2) is 12.1. The molecule has 0 amide bonds. The minimum Gasteiger partial charge on any atom is -0.496 e. The molecule has 2 aromatic carbocycles. The van der Waals surface area contributed by atoms with Crippen LogP contribution in [-0.4, -0.2) is 30.9 Å². The topological polar surface area (TPSA) is 79.1 Å². The van der Waals surface area contributed by atoms with Crippen molar-refractivity contribution >= 4 is 23.4 Å². The number of methoxy groups -OCH3 is 1. The highest BCUT2D eigenvalue weighted by Gasteiger charge is 2.35. The molecule has 0 radical (unpaired) electrons. The predicted octanol–water partition coefficient (Wildman–Crippen LogP) is 4.38. The summed E-state index contributed by atoms with van der Waals surface area (Å²) < 4.78 is 18.9. The van der Waals surface area contributed by atoms with Crippen molar-refractivity contribution in [1.82, 2.24) is 4.57 Å². The number of aromatic nitrogens is 1. The van der Waals surface area contributed by atoms with Crippen LogP contribution in [0.2, 0.25) is 0 Å². The molecule has 2 heterocycles. The van der Waals surface area contributed by atoms with Crippen molar-refractivity contribution in [1.29, 1.82) is 0 Å². The van der Waals surface area contributed by atoms with Crippen LogP contribution in [0, 0.1) is 0 Å². The molecular weight excluding hydrogens is 488 g/mol. The molecule has 0 aliphatic carbocycles. The fourth-order valence-electron chi connectivity index (χ4n) is 4.34. The Morgan fingerprint density at radius 2 is 1.84 bits per heavy atom. The summed E-state index contributed by atoms with van der Waals surface area (Å²) in [6.07, 6.45) is 4.16. The number of fused-ring (bicyclic) bond motifs is 1. The van der Waals surface area contributed by atoms with Crippen molar-refractivity contribution in [3.8, 4) is 11.5 Å². The molecular formula is C29H32N2O5S. The fourth-order valence-corrected chi connectivity index (χ4v) is 5.36. The first kappa shape index (κ1) is 26.4. The van der Waals surface area contributed by atoms with Gasteiger partial charge in [-0.1, -0.05) is 61.9 Å². The van der Waals surface area contributed by atoms with Crippen molar-refractivity contribution in [2.24, 2.45) is 4.99 Å². The third-order valence-corrected chi connectivity index (χ3v) is 6.96. The molecule has 194 valence electrons. The summed E-state index contributed by atoms with van der Waals surface area (Å²) in [5.41, 5.74) is 2.39. The Bertz CT molecular complexity index is 1470. The van der Waals surface area contributed by atoms with Crippen LogP contribution >= 0.6 is 11.3 Å². The van der Waals surface area contributed by atoms with Crippen LogP contribution in [0.4, 0.5) is 0 Å². The van der Waals surface area contributed by atoms with E-state index in [1.165, 1.54) is 11.3 Å². The molecule has 0 saturated heterocycles. The lowest BCUT2D eigenvalue weighted by Crippen LogP contribution is -2.40. The molecule has 4 rings (SSSR count). The van der Waals surface area contributed by atoms with Crippen LogP contribution in [0.25, 0.3) is 6.08 Å². The number of benzene rings is 2. The Kier molecular flexibility index (Phi) is 8.61. The molecule has 1 aromatic heterocycles. The first-order chi connectivity index (χ1) is 18.0. The molecule has 7 nitrogen and oxygen atoms in total. The van der Waals surface area contributed by atoms with Gasteiger partial charge in [-0.3, -0.25) is 9.36 Å². The predicted molar refractivity (Wildman–Crippen MR) is 145 cm³/mol. The highest BCUT2D eigenvalue weighted by atomic mass is 32.1. The van der Waals surface area contributed by atoms with Gasteiger partial charge in [-0.15, -0.1) is 0 Å². The number of para-hydroxylation sites is 1. The number of carbonyl (C=O) groups is 1. The minimum absolute atomic E-state index is 0.219. The first-order valence-electron chi connectivity index (χ1n) is 12.6. The number of ether oxygens (including phenoxy) is 3. The van der Waals surface area contributed by atoms with E-state index in [1.807, 2.05) is 61.5 Å². The normalized spacial score (nSPS) is 15.2. The van der Waals surface area contributed by atoms with Crippen LogP contribution in [0.3, 0.4) is 0 Å². The zero-order valence-corrected chi connectivity index (χ0v) is 22.5. The van der Waals surface area contributed by atoms with Gasteiger partial charge >= 0.3 is 5.97 Å². The number of allylic oxidation sites excluding steroid dienone is 1. The monoisotopic (exact) mass is 520 g/mol. The summed E-state index contributed by atoms with van der Waals surface area (Å²) in [5.74, 6) is 0.909. The summed E-state index contributed by atoms with van der Waals surface area (Å²) >= 11 is 1.31. The minimum atomic E-state index is -0.708. The van der Waals surface area contributed by atoms with Gasteiger partial charge in [0.1, 0.15) is 17.5 Å². The van der Waals surface area contributed by atoms with Gasteiger partial charge in [0.25, 0.3) is 5.56 Å². The highest BCUT2D eigenvalue weighted by molar-refractivity contribution is 7.07. The summed E-state index contributed by atoms with van der Waals surface area (Å²) in [6.45, 7) is 6.74. The van der Waals surface area contributed by atoms with Crippen LogP contribution in [0.5, 0.6) is 11.5 Å². The van der Waals surface area contributed by atoms with Crippen molar-refractivity contribution in [2.45, 2.75) is 46.1 Å². The molecule has 1 aliphatic rings. The average Bonchev–Trinajstić information content (AvgIpc) is 3.22. The van der Waals surface area contributed by atoms with Gasteiger partial charge in [0.2, 0.25) is 0 Å². The largest absolute Gasteiger partial charge is 0.496 e. The molecule has 0 fully saturated rings. The molecule has 0 unspecified atom stereocenters. The van der Waals surface area contributed by atoms with Crippen LogP contribution < -0.4 is 24.4 Å². The van der Waals surface area contributed by atoms with E-state index in [2.05, 4.69) is 6.92 Å². The maximum Gasteiger partial charge on any atom is 0.338 e. The average molecular weight is 521 g/mol. The Morgan fingerprint density at radius 3 is 2.51 bits per heavy atom. The molecule has 1 atom stereocenters. The van der Waals surface area contributed by atoms with Crippen LogP contribution in [-0.2, 0) is 9.53 Å². The highest BCUT2D eigenvalue weighted by Crippen LogP contribution is 2.36. The van der Waals surface area contributed by atoms with Crippen molar-refractivity contribution in [3.05, 3.63) is 90.6 Å². The van der Waals surface area contributed by atoms with E-state index in [-0.39, 0.29) is 12.2 Å². The number of rotatable bonds is 10. The number of esters is 1. The Labute approximate surface area is 220 Å². The smallest absolute Gasteiger partial charge is 0.338 e. The molecule has 3 aromatic rings. The molecule has 1 aliphatic heterocycles. The maximum atomic E-state index is 13.8. The van der Waals surface area contributed by atoms with Gasteiger partial charge in [0.05, 0.1) is 36.1 Å². The van der Waals surface area contributed by atoms with Gasteiger partial charge in [-0.2, -0.15) is 0 Å². The molecule has 8 heteroatoms. The molecule has 37 heavy (non-hydrogen) atoms.